The van der Waals surface area contributed by atoms with E-state index in [1.165, 1.54) is 16.1 Å². The monoisotopic (exact) mass is 563 g/mol. The summed E-state index contributed by atoms with van der Waals surface area (Å²) >= 11 is 0. The molecular weight excluding hydrogens is 518 g/mol. The van der Waals surface area contributed by atoms with Gasteiger partial charge in [0.05, 0.1) is 30.3 Å². The molecule has 11 heteroatoms. The maximum absolute atomic E-state index is 13.9. The molecule has 2 saturated heterocycles. The highest BCUT2D eigenvalue weighted by atomic mass is 32.2. The van der Waals surface area contributed by atoms with Crippen LogP contribution in [0.3, 0.4) is 0 Å². The minimum Gasteiger partial charge on any atom is -0.376 e. The number of aliphatic hydroxyl groups excluding tert-OH is 1. The van der Waals surface area contributed by atoms with Crippen molar-refractivity contribution in [1.29, 1.82) is 0 Å². The quantitative estimate of drug-likeness (QED) is 0.371. The van der Waals surface area contributed by atoms with Gasteiger partial charge in [0.15, 0.2) is 0 Å². The average Bonchev–Trinajstić information content (AvgIpc) is 3.46. The number of likely N-dealkylation sites (N-methyl/N-ethyl adjacent to an activating group) is 1. The van der Waals surface area contributed by atoms with Crippen molar-refractivity contribution in [2.45, 2.75) is 89.8 Å². The summed E-state index contributed by atoms with van der Waals surface area (Å²) in [5.74, 6) is -1.08. The zero-order chi connectivity index (χ0) is 28.7. The first kappa shape index (κ1) is 29.9. The van der Waals surface area contributed by atoms with Crippen LogP contribution >= 0.6 is 0 Å². The van der Waals surface area contributed by atoms with Crippen LogP contribution in [0.25, 0.3) is 0 Å². The molecule has 0 saturated carbocycles. The van der Waals surface area contributed by atoms with Crippen LogP contribution in [0.1, 0.15) is 64.1 Å². The number of hydrogen-bond donors (Lipinski definition) is 4. The Morgan fingerprint density at radius 3 is 2.49 bits per heavy atom. The Labute approximate surface area is 232 Å². The largest absolute Gasteiger partial charge is 0.376 e. The van der Waals surface area contributed by atoms with Crippen molar-refractivity contribution in [3.05, 3.63) is 35.4 Å². The highest BCUT2D eigenvalue weighted by Crippen LogP contribution is 2.40. The third-order valence-electron chi connectivity index (χ3n) is 8.76. The summed E-state index contributed by atoms with van der Waals surface area (Å²) in [6, 6.07) is 5.99. The van der Waals surface area contributed by atoms with Crippen molar-refractivity contribution >= 4 is 21.8 Å². The summed E-state index contributed by atoms with van der Waals surface area (Å²) in [7, 11) is -1.87. The lowest BCUT2D eigenvalue weighted by molar-refractivity contribution is -0.133. The number of likely N-dealkylation sites (tertiary alicyclic amines) is 1. The molecule has 2 amide bonds. The van der Waals surface area contributed by atoms with Crippen LogP contribution in [0.5, 0.6) is 0 Å². The molecule has 7 unspecified atom stereocenters. The van der Waals surface area contributed by atoms with Gasteiger partial charge in [0.25, 0.3) is 0 Å². The van der Waals surface area contributed by atoms with Crippen molar-refractivity contribution in [3.8, 4) is 0 Å². The van der Waals surface area contributed by atoms with Crippen LogP contribution in [-0.4, -0.2) is 91.3 Å². The minimum atomic E-state index is -3.57. The van der Waals surface area contributed by atoms with E-state index in [1.807, 2.05) is 43.9 Å². The second kappa shape index (κ2) is 11.4. The summed E-state index contributed by atoms with van der Waals surface area (Å²) in [6.07, 6.45) is 3.36. The Kier molecular flexibility index (Phi) is 8.78. The number of aliphatic hydroxyl groups is 1. The Balaban J connectivity index is 1.61. The van der Waals surface area contributed by atoms with Crippen LogP contribution in [0.4, 0.5) is 0 Å². The van der Waals surface area contributed by atoms with Gasteiger partial charge in [-0.15, -0.1) is 0 Å². The third kappa shape index (κ3) is 6.17. The molecule has 0 bridgehead atoms. The molecule has 1 aliphatic carbocycles. The number of rotatable bonds is 8. The van der Waals surface area contributed by atoms with Crippen molar-refractivity contribution in [1.82, 2.24) is 25.2 Å². The summed E-state index contributed by atoms with van der Waals surface area (Å²) in [5, 5.41) is 20.9. The SMILES string of the molecule is CNC(C)C(=O)NC(C(O)N1CCC2C1C(C(=O)NC1CCCc3ccccc31)CN2S(C)(=O)=O)C(C)(C)C. The maximum Gasteiger partial charge on any atom is 0.237 e. The van der Waals surface area contributed by atoms with E-state index in [-0.39, 0.29) is 24.4 Å². The lowest BCUT2D eigenvalue weighted by atomic mass is 9.84. The molecule has 10 nitrogen and oxygen atoms in total. The molecule has 2 fully saturated rings. The first-order valence-corrected chi connectivity index (χ1v) is 15.8. The average molecular weight is 564 g/mol. The summed E-state index contributed by atoms with van der Waals surface area (Å²) in [5.41, 5.74) is 1.84. The normalized spacial score (nSPS) is 28.3. The molecule has 0 aromatic heterocycles. The molecule has 3 aliphatic rings. The van der Waals surface area contributed by atoms with E-state index in [4.69, 9.17) is 0 Å². The van der Waals surface area contributed by atoms with E-state index in [1.54, 1.807) is 14.0 Å². The summed E-state index contributed by atoms with van der Waals surface area (Å²) in [6.45, 7) is 8.07. The van der Waals surface area contributed by atoms with Crippen LogP contribution in [0.2, 0.25) is 0 Å². The zero-order valence-electron chi connectivity index (χ0n) is 24.0. The standard InChI is InChI=1S/C28H45N5O5S/c1-17(29-5)25(34)31-24(28(2,3)4)27(36)32-15-14-22-23(32)20(16-33(22)39(6,37)38)26(35)30-21-13-9-11-18-10-7-8-12-19(18)21/h7-8,10,12,17,20-24,27,29,36H,9,11,13-16H2,1-6H3,(H,30,35)(H,31,34). The first-order chi connectivity index (χ1) is 18.2. The molecule has 4 rings (SSSR count). The molecule has 0 radical (unpaired) electrons. The van der Waals surface area contributed by atoms with Crippen molar-refractivity contribution < 1.29 is 23.1 Å². The Morgan fingerprint density at radius 2 is 1.85 bits per heavy atom. The molecule has 7 atom stereocenters. The fourth-order valence-electron chi connectivity index (χ4n) is 6.52. The second-order valence-corrected chi connectivity index (χ2v) is 14.4. The lowest BCUT2D eigenvalue weighted by Crippen LogP contribution is -2.62. The van der Waals surface area contributed by atoms with Crippen LogP contribution < -0.4 is 16.0 Å². The van der Waals surface area contributed by atoms with Crippen molar-refractivity contribution in [2.75, 3.05) is 26.4 Å². The van der Waals surface area contributed by atoms with Gasteiger partial charge in [-0.1, -0.05) is 45.0 Å². The van der Waals surface area contributed by atoms with Crippen LogP contribution in [0, 0.1) is 11.3 Å². The van der Waals surface area contributed by atoms with Crippen molar-refractivity contribution in [3.63, 3.8) is 0 Å². The topological polar surface area (TPSA) is 131 Å². The predicted molar refractivity (Wildman–Crippen MR) is 150 cm³/mol. The second-order valence-electron chi connectivity index (χ2n) is 12.5. The van der Waals surface area contributed by atoms with E-state index < -0.39 is 51.8 Å². The van der Waals surface area contributed by atoms with Gasteiger partial charge in [0.2, 0.25) is 21.8 Å². The van der Waals surface area contributed by atoms with E-state index in [0.717, 1.165) is 24.8 Å². The zero-order valence-corrected chi connectivity index (χ0v) is 24.8. The van der Waals surface area contributed by atoms with Crippen LogP contribution in [-0.2, 0) is 26.0 Å². The highest BCUT2D eigenvalue weighted by molar-refractivity contribution is 7.88. The van der Waals surface area contributed by atoms with Gasteiger partial charge in [-0.2, -0.15) is 4.31 Å². The Bertz CT molecular complexity index is 1170. The lowest BCUT2D eigenvalue weighted by Gasteiger charge is -2.42. The molecule has 0 spiro atoms. The fourth-order valence-corrected chi connectivity index (χ4v) is 7.68. The number of hydrogen-bond acceptors (Lipinski definition) is 7. The predicted octanol–water partition coefficient (Wildman–Crippen LogP) is 0.972. The number of amides is 2. The molecule has 1 aromatic rings. The smallest absolute Gasteiger partial charge is 0.237 e. The van der Waals surface area contributed by atoms with Gasteiger partial charge < -0.3 is 21.1 Å². The van der Waals surface area contributed by atoms with Gasteiger partial charge in [0, 0.05) is 25.2 Å². The number of sulfonamides is 1. The van der Waals surface area contributed by atoms with Gasteiger partial charge in [0.1, 0.15) is 6.23 Å². The van der Waals surface area contributed by atoms with Gasteiger partial charge in [-0.3, -0.25) is 14.5 Å². The van der Waals surface area contributed by atoms with Crippen LogP contribution in [0.15, 0.2) is 24.3 Å². The molecule has 4 N–H and O–H groups in total. The number of carbonyl (C=O) groups excluding carboxylic acids is 2. The number of benzene rings is 1. The summed E-state index contributed by atoms with van der Waals surface area (Å²) < 4.78 is 27.0. The van der Waals surface area contributed by atoms with Gasteiger partial charge in [-0.25, -0.2) is 8.42 Å². The molecule has 2 heterocycles. The first-order valence-electron chi connectivity index (χ1n) is 14.0. The molecule has 39 heavy (non-hydrogen) atoms. The van der Waals surface area contributed by atoms with Crippen molar-refractivity contribution in [2.24, 2.45) is 11.3 Å². The molecule has 218 valence electrons. The Hall–Kier alpha value is -2.05. The van der Waals surface area contributed by atoms with E-state index in [9.17, 15) is 23.1 Å². The maximum atomic E-state index is 13.9. The molecule has 2 aliphatic heterocycles. The fraction of sp³-hybridized carbons (Fsp3) is 0.714. The molecule has 1 aromatic carbocycles. The number of nitrogens with zero attached hydrogens (tertiary/aromatic N) is 2. The highest BCUT2D eigenvalue weighted by Gasteiger charge is 2.56. The van der Waals surface area contributed by atoms with Gasteiger partial charge in [-0.05, 0) is 56.2 Å². The van der Waals surface area contributed by atoms with E-state index in [0.29, 0.717) is 13.0 Å². The summed E-state index contributed by atoms with van der Waals surface area (Å²) in [4.78, 5) is 28.5. The molecular formula is C28H45N5O5S. The number of fused-ring (bicyclic) bond motifs is 2. The minimum absolute atomic E-state index is 0.0704. The van der Waals surface area contributed by atoms with E-state index in [2.05, 4.69) is 22.0 Å². The number of carbonyl (C=O) groups is 2. The third-order valence-corrected chi connectivity index (χ3v) is 10.0. The number of aryl methyl sites for hydroxylation is 1. The van der Waals surface area contributed by atoms with E-state index >= 15 is 0 Å². The van der Waals surface area contributed by atoms with Gasteiger partial charge >= 0.3 is 0 Å². The Morgan fingerprint density at radius 1 is 1.15 bits per heavy atom. The number of nitrogens with one attached hydrogen (secondary N) is 3.